The lowest BCUT2D eigenvalue weighted by molar-refractivity contribution is 0.604. The first kappa shape index (κ1) is 8.98. The smallest absolute Gasteiger partial charge is 0.279 e. The topological polar surface area (TPSA) is 51.4 Å². The van der Waals surface area contributed by atoms with Gasteiger partial charge in [0.05, 0.1) is 5.69 Å². The van der Waals surface area contributed by atoms with Gasteiger partial charge in [-0.25, -0.2) is 13.4 Å². The second kappa shape index (κ2) is 2.70. The van der Waals surface area contributed by atoms with Crippen LogP contribution >= 0.6 is 22.0 Å². The summed E-state index contributed by atoms with van der Waals surface area (Å²) in [5, 5.41) is 1.82. The first-order chi connectivity index (χ1) is 6.00. The Morgan fingerprint density at radius 1 is 1.62 bits per heavy atom. The van der Waals surface area contributed by atoms with Gasteiger partial charge in [0.1, 0.15) is 0 Å². The minimum Gasteiger partial charge on any atom is -0.280 e. The fourth-order valence-corrected chi connectivity index (χ4v) is 3.32. The highest BCUT2D eigenvalue weighted by atomic mass is 35.7. The molecule has 0 saturated heterocycles. The van der Waals surface area contributed by atoms with E-state index in [0.717, 1.165) is 0 Å². The van der Waals surface area contributed by atoms with Gasteiger partial charge in [0.15, 0.2) is 9.99 Å². The van der Waals surface area contributed by atoms with Crippen LogP contribution in [0.5, 0.6) is 0 Å². The molecule has 7 heteroatoms. The molecule has 0 aliphatic rings. The summed E-state index contributed by atoms with van der Waals surface area (Å²) in [6.07, 6.45) is 1.63. The standard InChI is InChI=1S/C6H5ClN2O2S2/c1-4-5(13(7,10)11)9-2-3-12-6(9)8-4/h2-3H,1H3. The van der Waals surface area contributed by atoms with Crippen LogP contribution in [-0.4, -0.2) is 17.8 Å². The van der Waals surface area contributed by atoms with Crippen LogP contribution in [0.1, 0.15) is 5.69 Å². The first-order valence-electron chi connectivity index (χ1n) is 3.37. The average molecular weight is 237 g/mol. The molecule has 0 fully saturated rings. The van der Waals surface area contributed by atoms with Gasteiger partial charge in [0.25, 0.3) is 9.05 Å². The van der Waals surface area contributed by atoms with Crippen LogP contribution in [0.3, 0.4) is 0 Å². The summed E-state index contributed by atoms with van der Waals surface area (Å²) >= 11 is 1.37. The largest absolute Gasteiger partial charge is 0.280 e. The van der Waals surface area contributed by atoms with E-state index in [1.165, 1.54) is 15.7 Å². The zero-order chi connectivity index (χ0) is 9.64. The number of rotatable bonds is 1. The van der Waals surface area contributed by atoms with Crippen LogP contribution in [-0.2, 0) is 9.05 Å². The Balaban J connectivity index is 2.94. The number of hydrogen-bond donors (Lipinski definition) is 0. The van der Waals surface area contributed by atoms with Crippen LogP contribution in [0.4, 0.5) is 0 Å². The zero-order valence-electron chi connectivity index (χ0n) is 6.56. The lowest BCUT2D eigenvalue weighted by Crippen LogP contribution is -1.96. The number of hydrogen-bond acceptors (Lipinski definition) is 4. The molecule has 0 N–H and O–H groups in total. The Bertz CT molecular complexity index is 554. The highest BCUT2D eigenvalue weighted by Gasteiger charge is 2.20. The Labute approximate surface area is 83.2 Å². The molecule has 2 aromatic heterocycles. The number of halogens is 1. The van der Waals surface area contributed by atoms with Crippen molar-refractivity contribution in [3.8, 4) is 0 Å². The Morgan fingerprint density at radius 2 is 2.31 bits per heavy atom. The van der Waals surface area contributed by atoms with Gasteiger partial charge in [0.2, 0.25) is 0 Å². The van der Waals surface area contributed by atoms with Crippen LogP contribution in [0.25, 0.3) is 4.96 Å². The van der Waals surface area contributed by atoms with E-state index >= 15 is 0 Å². The fourth-order valence-electron chi connectivity index (χ4n) is 1.17. The minimum atomic E-state index is -3.71. The van der Waals surface area contributed by atoms with E-state index in [1.807, 2.05) is 0 Å². The molecular weight excluding hydrogens is 232 g/mol. The van der Waals surface area contributed by atoms with E-state index in [2.05, 4.69) is 4.98 Å². The molecule has 70 valence electrons. The molecule has 0 aromatic carbocycles. The molecule has 2 heterocycles. The predicted molar refractivity (Wildman–Crippen MR) is 50.8 cm³/mol. The fraction of sp³-hybridized carbons (Fsp3) is 0.167. The molecule has 0 saturated carbocycles. The molecule has 2 aromatic rings. The van der Waals surface area contributed by atoms with Gasteiger partial charge in [-0.3, -0.25) is 4.40 Å². The van der Waals surface area contributed by atoms with Crippen molar-refractivity contribution < 1.29 is 8.42 Å². The van der Waals surface area contributed by atoms with Gasteiger partial charge in [-0.1, -0.05) is 0 Å². The average Bonchev–Trinajstić information content (AvgIpc) is 2.41. The van der Waals surface area contributed by atoms with Gasteiger partial charge in [0, 0.05) is 22.3 Å². The first-order valence-corrected chi connectivity index (χ1v) is 6.56. The van der Waals surface area contributed by atoms with E-state index in [-0.39, 0.29) is 5.03 Å². The van der Waals surface area contributed by atoms with E-state index in [1.54, 1.807) is 18.5 Å². The van der Waals surface area contributed by atoms with E-state index in [0.29, 0.717) is 10.7 Å². The van der Waals surface area contributed by atoms with Crippen LogP contribution in [0.15, 0.2) is 16.6 Å². The number of thiazole rings is 1. The lowest BCUT2D eigenvalue weighted by Gasteiger charge is -1.93. The van der Waals surface area contributed by atoms with E-state index < -0.39 is 9.05 Å². The lowest BCUT2D eigenvalue weighted by atomic mass is 10.6. The maximum absolute atomic E-state index is 11.1. The quantitative estimate of drug-likeness (QED) is 0.708. The molecule has 0 aliphatic heterocycles. The number of aryl methyl sites for hydroxylation is 1. The normalized spacial score (nSPS) is 12.5. The second-order valence-corrected chi connectivity index (χ2v) is 5.85. The van der Waals surface area contributed by atoms with Crippen molar-refractivity contribution in [1.29, 1.82) is 0 Å². The molecular formula is C6H5ClN2O2S2. The third-order valence-corrected chi connectivity index (χ3v) is 3.76. The highest BCUT2D eigenvalue weighted by molar-refractivity contribution is 8.13. The maximum Gasteiger partial charge on any atom is 0.279 e. The van der Waals surface area contributed by atoms with Crippen LogP contribution < -0.4 is 0 Å². The van der Waals surface area contributed by atoms with Crippen molar-refractivity contribution in [3.05, 3.63) is 17.3 Å². The Hall–Kier alpha value is -0.590. The summed E-state index contributed by atoms with van der Waals surface area (Å²) in [7, 11) is 1.55. The highest BCUT2D eigenvalue weighted by Crippen LogP contribution is 2.23. The molecule has 0 spiro atoms. The van der Waals surface area contributed by atoms with Crippen molar-refractivity contribution in [3.63, 3.8) is 0 Å². The van der Waals surface area contributed by atoms with E-state index in [4.69, 9.17) is 10.7 Å². The molecule has 13 heavy (non-hydrogen) atoms. The Kier molecular flexibility index (Phi) is 1.86. The van der Waals surface area contributed by atoms with Gasteiger partial charge < -0.3 is 0 Å². The molecule has 0 radical (unpaired) electrons. The molecule has 4 nitrogen and oxygen atoms in total. The SMILES string of the molecule is Cc1nc2sccn2c1S(=O)(=O)Cl. The van der Waals surface area contributed by atoms with Gasteiger partial charge >= 0.3 is 0 Å². The Morgan fingerprint density at radius 3 is 2.92 bits per heavy atom. The molecule has 0 unspecified atom stereocenters. The van der Waals surface area contributed by atoms with Crippen LogP contribution in [0.2, 0.25) is 0 Å². The molecule has 0 bridgehead atoms. The summed E-state index contributed by atoms with van der Waals surface area (Å²) in [4.78, 5) is 4.69. The third-order valence-electron chi connectivity index (χ3n) is 1.61. The van der Waals surface area contributed by atoms with Crippen LogP contribution in [0, 0.1) is 6.92 Å². The van der Waals surface area contributed by atoms with Crippen molar-refractivity contribution in [2.24, 2.45) is 0 Å². The van der Waals surface area contributed by atoms with Crippen molar-refractivity contribution in [2.45, 2.75) is 11.9 Å². The minimum absolute atomic E-state index is 0.0606. The molecule has 0 aliphatic carbocycles. The number of imidazole rings is 1. The van der Waals surface area contributed by atoms with Gasteiger partial charge in [-0.2, -0.15) is 0 Å². The second-order valence-electron chi connectivity index (χ2n) is 2.50. The molecule has 0 amide bonds. The summed E-state index contributed by atoms with van der Waals surface area (Å²) in [6, 6.07) is 0. The van der Waals surface area contributed by atoms with Gasteiger partial charge in [-0.15, -0.1) is 11.3 Å². The predicted octanol–water partition coefficient (Wildman–Crippen LogP) is 1.63. The zero-order valence-corrected chi connectivity index (χ0v) is 8.95. The van der Waals surface area contributed by atoms with Crippen molar-refractivity contribution in [2.75, 3.05) is 0 Å². The number of nitrogens with zero attached hydrogens (tertiary/aromatic N) is 2. The number of aromatic nitrogens is 2. The van der Waals surface area contributed by atoms with Gasteiger partial charge in [-0.05, 0) is 6.92 Å². The summed E-state index contributed by atoms with van der Waals surface area (Å²) in [6.45, 7) is 1.62. The maximum atomic E-state index is 11.1. The third kappa shape index (κ3) is 1.34. The molecule has 2 rings (SSSR count). The summed E-state index contributed by atoms with van der Waals surface area (Å²) < 4.78 is 23.7. The summed E-state index contributed by atoms with van der Waals surface area (Å²) in [5.41, 5.74) is 0.432. The number of fused-ring (bicyclic) bond motifs is 1. The summed E-state index contributed by atoms with van der Waals surface area (Å²) in [5.74, 6) is 0. The van der Waals surface area contributed by atoms with Crippen molar-refractivity contribution >= 4 is 36.0 Å². The van der Waals surface area contributed by atoms with Crippen molar-refractivity contribution in [1.82, 2.24) is 9.38 Å². The molecule has 0 atom stereocenters. The van der Waals surface area contributed by atoms with E-state index in [9.17, 15) is 8.42 Å². The monoisotopic (exact) mass is 236 g/mol.